The minimum absolute atomic E-state index is 0.176. The third-order valence-corrected chi connectivity index (χ3v) is 5.48. The maximum Gasteiger partial charge on any atom is 0.411 e. The van der Waals surface area contributed by atoms with E-state index in [0.717, 1.165) is 16.8 Å². The SMILES string of the molecule is CC(C)c1ccccc1NC(=O)[C@H]1CSCN1C(=O)OCc1ccccc1. The molecular formula is C21H24N2O3S. The highest BCUT2D eigenvalue weighted by Gasteiger charge is 2.36. The number of carbonyl (C=O) groups is 2. The van der Waals surface area contributed by atoms with Gasteiger partial charge in [-0.3, -0.25) is 9.69 Å². The smallest absolute Gasteiger partial charge is 0.411 e. The maximum absolute atomic E-state index is 12.8. The Hall–Kier alpha value is -2.47. The molecule has 0 unspecified atom stereocenters. The number of amides is 2. The zero-order valence-electron chi connectivity index (χ0n) is 15.6. The molecule has 1 aliphatic rings. The first-order valence-corrected chi connectivity index (χ1v) is 10.2. The molecule has 1 saturated heterocycles. The zero-order chi connectivity index (χ0) is 19.2. The van der Waals surface area contributed by atoms with Crippen molar-refractivity contribution in [2.24, 2.45) is 0 Å². The molecule has 1 aliphatic heterocycles. The van der Waals surface area contributed by atoms with E-state index >= 15 is 0 Å². The van der Waals surface area contributed by atoms with Gasteiger partial charge in [0, 0.05) is 11.4 Å². The second-order valence-corrected chi connectivity index (χ2v) is 7.76. The number of nitrogens with zero attached hydrogens (tertiary/aromatic N) is 1. The third kappa shape index (κ3) is 4.83. The fourth-order valence-electron chi connectivity index (χ4n) is 2.97. The lowest BCUT2D eigenvalue weighted by atomic mass is 10.0. The fraction of sp³-hybridized carbons (Fsp3) is 0.333. The number of nitrogens with one attached hydrogen (secondary N) is 1. The summed E-state index contributed by atoms with van der Waals surface area (Å²) >= 11 is 1.55. The molecule has 0 radical (unpaired) electrons. The number of para-hydroxylation sites is 1. The van der Waals surface area contributed by atoms with Crippen LogP contribution >= 0.6 is 11.8 Å². The van der Waals surface area contributed by atoms with Gasteiger partial charge in [-0.2, -0.15) is 0 Å². The number of hydrogen-bond acceptors (Lipinski definition) is 4. The highest BCUT2D eigenvalue weighted by atomic mass is 32.2. The van der Waals surface area contributed by atoms with Gasteiger partial charge < -0.3 is 10.1 Å². The molecule has 0 bridgehead atoms. The second kappa shape index (κ2) is 8.95. The Morgan fingerprint density at radius 3 is 2.59 bits per heavy atom. The van der Waals surface area contributed by atoms with E-state index in [-0.39, 0.29) is 12.5 Å². The summed E-state index contributed by atoms with van der Waals surface area (Å²) < 4.78 is 5.40. The van der Waals surface area contributed by atoms with E-state index in [1.54, 1.807) is 11.8 Å². The van der Waals surface area contributed by atoms with Gasteiger partial charge in [-0.1, -0.05) is 62.4 Å². The average molecular weight is 385 g/mol. The number of hydrogen-bond donors (Lipinski definition) is 1. The molecule has 2 amide bonds. The Morgan fingerprint density at radius 2 is 1.85 bits per heavy atom. The molecule has 5 nitrogen and oxygen atoms in total. The standard InChI is InChI=1S/C21H24N2O3S/c1-15(2)17-10-6-7-11-18(17)22-20(24)19-13-27-14-23(19)21(25)26-12-16-8-4-3-5-9-16/h3-11,15,19H,12-14H2,1-2H3,(H,22,24)/t19-/m1/s1. The van der Waals surface area contributed by atoms with Crippen LogP contribution in [0.15, 0.2) is 54.6 Å². The van der Waals surface area contributed by atoms with E-state index in [4.69, 9.17) is 4.74 Å². The van der Waals surface area contributed by atoms with E-state index in [2.05, 4.69) is 19.2 Å². The molecule has 2 aromatic rings. The summed E-state index contributed by atoms with van der Waals surface area (Å²) in [5.74, 6) is 1.14. The van der Waals surface area contributed by atoms with E-state index < -0.39 is 12.1 Å². The van der Waals surface area contributed by atoms with Gasteiger partial charge in [0.25, 0.3) is 0 Å². The van der Waals surface area contributed by atoms with Crippen molar-refractivity contribution in [3.8, 4) is 0 Å². The first kappa shape index (κ1) is 19.3. The summed E-state index contributed by atoms with van der Waals surface area (Å²) in [5, 5.41) is 2.99. The monoisotopic (exact) mass is 384 g/mol. The van der Waals surface area contributed by atoms with Gasteiger partial charge >= 0.3 is 6.09 Å². The lowest BCUT2D eigenvalue weighted by Crippen LogP contribution is -2.44. The summed E-state index contributed by atoms with van der Waals surface area (Å²) in [5.41, 5.74) is 2.80. The van der Waals surface area contributed by atoms with E-state index in [0.29, 0.717) is 17.5 Å². The zero-order valence-corrected chi connectivity index (χ0v) is 16.4. The van der Waals surface area contributed by atoms with Gasteiger partial charge in [-0.05, 0) is 23.1 Å². The summed E-state index contributed by atoms with van der Waals surface area (Å²) in [6.07, 6.45) is -0.457. The predicted octanol–water partition coefficient (Wildman–Crippen LogP) is 4.46. The fourth-order valence-corrected chi connectivity index (χ4v) is 4.11. The van der Waals surface area contributed by atoms with Gasteiger partial charge in [0.05, 0.1) is 5.88 Å². The lowest BCUT2D eigenvalue weighted by Gasteiger charge is -2.23. The van der Waals surface area contributed by atoms with Crippen LogP contribution in [-0.4, -0.2) is 34.6 Å². The minimum Gasteiger partial charge on any atom is -0.445 e. The van der Waals surface area contributed by atoms with Gasteiger partial charge in [-0.15, -0.1) is 11.8 Å². The second-order valence-electron chi connectivity index (χ2n) is 6.76. The van der Waals surface area contributed by atoms with Crippen LogP contribution in [0, 0.1) is 0 Å². The molecule has 1 atom stereocenters. The van der Waals surface area contributed by atoms with E-state index in [1.807, 2.05) is 54.6 Å². The normalized spacial score (nSPS) is 16.4. The minimum atomic E-state index is -0.529. The molecule has 1 heterocycles. The largest absolute Gasteiger partial charge is 0.445 e. The first-order valence-electron chi connectivity index (χ1n) is 9.01. The van der Waals surface area contributed by atoms with Crippen molar-refractivity contribution in [1.82, 2.24) is 4.90 Å². The number of carbonyl (C=O) groups excluding carboxylic acids is 2. The quantitative estimate of drug-likeness (QED) is 0.827. The van der Waals surface area contributed by atoms with Gasteiger partial charge in [0.2, 0.25) is 5.91 Å². The highest BCUT2D eigenvalue weighted by molar-refractivity contribution is 7.99. The highest BCUT2D eigenvalue weighted by Crippen LogP contribution is 2.27. The molecule has 0 saturated carbocycles. The molecule has 3 rings (SSSR count). The topological polar surface area (TPSA) is 58.6 Å². The van der Waals surface area contributed by atoms with Crippen LogP contribution in [0.5, 0.6) is 0 Å². The number of anilines is 1. The van der Waals surface area contributed by atoms with Crippen LogP contribution in [0.4, 0.5) is 10.5 Å². The predicted molar refractivity (Wildman–Crippen MR) is 109 cm³/mol. The van der Waals surface area contributed by atoms with Crippen LogP contribution in [-0.2, 0) is 16.1 Å². The van der Waals surface area contributed by atoms with Crippen molar-refractivity contribution in [3.63, 3.8) is 0 Å². The molecule has 6 heteroatoms. The lowest BCUT2D eigenvalue weighted by molar-refractivity contribution is -0.119. The molecule has 27 heavy (non-hydrogen) atoms. The van der Waals surface area contributed by atoms with E-state index in [1.165, 1.54) is 4.90 Å². The molecule has 1 N–H and O–H groups in total. The number of rotatable bonds is 5. The number of benzene rings is 2. The van der Waals surface area contributed by atoms with Crippen LogP contribution in [0.1, 0.15) is 30.9 Å². The summed E-state index contributed by atoms with van der Waals surface area (Å²) in [6.45, 7) is 4.37. The van der Waals surface area contributed by atoms with Crippen molar-refractivity contribution in [1.29, 1.82) is 0 Å². The van der Waals surface area contributed by atoms with Gasteiger partial charge in [0.1, 0.15) is 12.6 Å². The van der Waals surface area contributed by atoms with Crippen LogP contribution in [0.3, 0.4) is 0 Å². The molecular weight excluding hydrogens is 360 g/mol. The Bertz CT molecular complexity index is 795. The maximum atomic E-state index is 12.8. The Kier molecular flexibility index (Phi) is 6.40. The van der Waals surface area contributed by atoms with Gasteiger partial charge in [-0.25, -0.2) is 4.79 Å². The Morgan fingerprint density at radius 1 is 1.15 bits per heavy atom. The van der Waals surface area contributed by atoms with Crippen LogP contribution < -0.4 is 5.32 Å². The Labute approximate surface area is 164 Å². The molecule has 142 valence electrons. The average Bonchev–Trinajstić information content (AvgIpc) is 3.17. The molecule has 0 spiro atoms. The van der Waals surface area contributed by atoms with Crippen LogP contribution in [0.25, 0.3) is 0 Å². The van der Waals surface area contributed by atoms with Crippen molar-refractivity contribution in [2.45, 2.75) is 32.4 Å². The third-order valence-electron chi connectivity index (χ3n) is 4.47. The summed E-state index contributed by atoms with van der Waals surface area (Å²) in [7, 11) is 0. The summed E-state index contributed by atoms with van der Waals surface area (Å²) in [4.78, 5) is 26.8. The number of thioether (sulfide) groups is 1. The Balaban J connectivity index is 1.63. The van der Waals surface area contributed by atoms with Crippen LogP contribution in [0.2, 0.25) is 0 Å². The first-order chi connectivity index (χ1) is 13.1. The van der Waals surface area contributed by atoms with Crippen molar-refractivity contribution >= 4 is 29.4 Å². The molecule has 2 aromatic carbocycles. The van der Waals surface area contributed by atoms with Gasteiger partial charge in [0.15, 0.2) is 0 Å². The molecule has 0 aromatic heterocycles. The van der Waals surface area contributed by atoms with Crippen molar-refractivity contribution in [3.05, 3.63) is 65.7 Å². The molecule has 0 aliphatic carbocycles. The van der Waals surface area contributed by atoms with Crippen molar-refractivity contribution < 1.29 is 14.3 Å². The number of ether oxygens (including phenoxy) is 1. The molecule has 1 fully saturated rings. The van der Waals surface area contributed by atoms with Crippen molar-refractivity contribution in [2.75, 3.05) is 16.9 Å². The van der Waals surface area contributed by atoms with E-state index in [9.17, 15) is 9.59 Å². The summed E-state index contributed by atoms with van der Waals surface area (Å²) in [6, 6.07) is 16.8.